The van der Waals surface area contributed by atoms with Crippen LogP contribution in [-0.4, -0.2) is 65.5 Å². The lowest BCUT2D eigenvalue weighted by Crippen LogP contribution is -2.45. The van der Waals surface area contributed by atoms with Crippen molar-refractivity contribution in [1.82, 2.24) is 15.3 Å². The maximum atomic E-state index is 11.8. The number of carboxylic acids is 1. The first-order valence-corrected chi connectivity index (χ1v) is 7.82. The molecule has 2 N–H and O–H groups in total. The van der Waals surface area contributed by atoms with E-state index in [1.165, 1.54) is 0 Å². The maximum absolute atomic E-state index is 11.8. The number of aliphatic carboxylic acids is 1. The minimum Gasteiger partial charge on any atom is -0.475 e. The Morgan fingerprint density at radius 2 is 1.88 bits per heavy atom. The predicted molar refractivity (Wildman–Crippen MR) is 83.5 cm³/mol. The lowest BCUT2D eigenvalue weighted by molar-refractivity contribution is -0.192. The van der Waals surface area contributed by atoms with Crippen molar-refractivity contribution in [2.45, 2.75) is 31.7 Å². The molecule has 3 unspecified atom stereocenters. The summed E-state index contributed by atoms with van der Waals surface area (Å²) < 4.78 is 37.6. The molecule has 2 fully saturated rings. The standard InChI is InChI=1S/C13H18N4O2.C2HF3O2/c1-8-4-15-13(16-5-8)17-6-9-3-10(12(18)14-2)11(7-17)19-9;3-2(4,5)1(6)7/h4-5,9-11H,3,6-7H2,1-2H3,(H,14,18);(H,6,7). The second-order valence-corrected chi connectivity index (χ2v) is 6.02. The Labute approximate surface area is 147 Å². The molecule has 0 spiro atoms. The number of nitrogens with zero attached hydrogens (tertiary/aromatic N) is 3. The summed E-state index contributed by atoms with van der Waals surface area (Å²) in [6, 6.07) is 0. The fourth-order valence-electron chi connectivity index (χ4n) is 2.83. The maximum Gasteiger partial charge on any atom is 0.490 e. The van der Waals surface area contributed by atoms with Gasteiger partial charge in [0.2, 0.25) is 11.9 Å². The topological polar surface area (TPSA) is 105 Å². The smallest absolute Gasteiger partial charge is 0.475 e. The van der Waals surface area contributed by atoms with Gasteiger partial charge in [0.05, 0.1) is 18.1 Å². The van der Waals surface area contributed by atoms with Crippen LogP contribution in [0, 0.1) is 12.8 Å². The molecule has 26 heavy (non-hydrogen) atoms. The monoisotopic (exact) mass is 376 g/mol. The Balaban J connectivity index is 0.000000298. The quantitative estimate of drug-likeness (QED) is 0.785. The van der Waals surface area contributed by atoms with Gasteiger partial charge in [0.25, 0.3) is 0 Å². The van der Waals surface area contributed by atoms with Gasteiger partial charge in [-0.2, -0.15) is 13.2 Å². The van der Waals surface area contributed by atoms with E-state index < -0.39 is 12.1 Å². The van der Waals surface area contributed by atoms with Crippen LogP contribution in [0.5, 0.6) is 0 Å². The lowest BCUT2D eigenvalue weighted by atomic mass is 10.00. The zero-order valence-electron chi connectivity index (χ0n) is 14.2. The Hall–Kier alpha value is -2.43. The first kappa shape index (κ1) is 19.9. The van der Waals surface area contributed by atoms with Gasteiger partial charge >= 0.3 is 12.1 Å². The number of anilines is 1. The van der Waals surface area contributed by atoms with Gasteiger partial charge in [0.15, 0.2) is 0 Å². The van der Waals surface area contributed by atoms with E-state index in [4.69, 9.17) is 14.6 Å². The number of ether oxygens (including phenoxy) is 1. The highest BCUT2D eigenvalue weighted by Crippen LogP contribution is 2.33. The van der Waals surface area contributed by atoms with Crippen molar-refractivity contribution in [2.75, 3.05) is 25.0 Å². The normalized spacial score (nSPS) is 24.5. The third kappa shape index (κ3) is 4.81. The Kier molecular flexibility index (Phi) is 6.01. The number of aromatic nitrogens is 2. The second-order valence-electron chi connectivity index (χ2n) is 6.02. The van der Waals surface area contributed by atoms with Crippen molar-refractivity contribution < 1.29 is 32.6 Å². The van der Waals surface area contributed by atoms with E-state index in [0.29, 0.717) is 6.54 Å². The van der Waals surface area contributed by atoms with Crippen LogP contribution in [-0.2, 0) is 14.3 Å². The molecule has 2 saturated heterocycles. The number of carboxylic acid groups (broad SMARTS) is 1. The van der Waals surface area contributed by atoms with Gasteiger partial charge in [-0.1, -0.05) is 0 Å². The number of nitrogens with one attached hydrogen (secondary N) is 1. The van der Waals surface area contributed by atoms with Gasteiger partial charge in [-0.3, -0.25) is 4.79 Å². The number of carbonyl (C=O) groups excluding carboxylic acids is 1. The molecule has 144 valence electrons. The molecule has 1 aromatic rings. The second kappa shape index (κ2) is 7.85. The van der Waals surface area contributed by atoms with Crippen LogP contribution in [0.15, 0.2) is 12.4 Å². The van der Waals surface area contributed by atoms with E-state index in [1.54, 1.807) is 7.05 Å². The van der Waals surface area contributed by atoms with Crippen LogP contribution < -0.4 is 10.2 Å². The number of halogens is 3. The van der Waals surface area contributed by atoms with Gasteiger partial charge in [-0.05, 0) is 18.9 Å². The van der Waals surface area contributed by atoms with Crippen molar-refractivity contribution in [2.24, 2.45) is 5.92 Å². The summed E-state index contributed by atoms with van der Waals surface area (Å²) in [5.41, 5.74) is 1.04. The molecule has 2 aliphatic rings. The van der Waals surface area contributed by atoms with E-state index in [0.717, 1.165) is 24.5 Å². The third-order valence-electron chi connectivity index (χ3n) is 4.03. The van der Waals surface area contributed by atoms with Crippen molar-refractivity contribution in [3.05, 3.63) is 18.0 Å². The van der Waals surface area contributed by atoms with Crippen LogP contribution in [0.2, 0.25) is 0 Å². The number of aryl methyl sites for hydroxylation is 1. The summed E-state index contributed by atoms with van der Waals surface area (Å²) >= 11 is 0. The van der Waals surface area contributed by atoms with Gasteiger partial charge in [-0.15, -0.1) is 0 Å². The predicted octanol–water partition coefficient (Wildman–Crippen LogP) is 0.758. The summed E-state index contributed by atoms with van der Waals surface area (Å²) in [5, 5.41) is 9.84. The number of amides is 1. The minimum absolute atomic E-state index is 0.0505. The van der Waals surface area contributed by atoms with E-state index in [9.17, 15) is 18.0 Å². The molecule has 0 radical (unpaired) electrons. The number of rotatable bonds is 2. The molecule has 11 heteroatoms. The highest BCUT2D eigenvalue weighted by atomic mass is 19.4. The molecular weight excluding hydrogens is 357 g/mol. The fourth-order valence-corrected chi connectivity index (χ4v) is 2.83. The zero-order valence-corrected chi connectivity index (χ0v) is 14.2. The van der Waals surface area contributed by atoms with Crippen LogP contribution in [0.25, 0.3) is 0 Å². The number of carbonyl (C=O) groups is 2. The summed E-state index contributed by atoms with van der Waals surface area (Å²) in [6.45, 7) is 3.40. The van der Waals surface area contributed by atoms with Gasteiger partial charge in [0.1, 0.15) is 0 Å². The summed E-state index contributed by atoms with van der Waals surface area (Å²) in [7, 11) is 1.67. The highest BCUT2D eigenvalue weighted by Gasteiger charge is 2.44. The summed E-state index contributed by atoms with van der Waals surface area (Å²) in [4.78, 5) is 31.5. The summed E-state index contributed by atoms with van der Waals surface area (Å²) in [5.74, 6) is -2.02. The molecule has 3 rings (SSSR count). The molecule has 3 atom stereocenters. The van der Waals surface area contributed by atoms with Gasteiger partial charge < -0.3 is 20.1 Å². The number of hydrogen-bond acceptors (Lipinski definition) is 6. The minimum atomic E-state index is -5.08. The number of morpholine rings is 1. The van der Waals surface area contributed by atoms with Crippen molar-refractivity contribution in [3.63, 3.8) is 0 Å². The lowest BCUT2D eigenvalue weighted by Gasteiger charge is -2.32. The number of alkyl halides is 3. The molecule has 0 aromatic carbocycles. The molecule has 2 aliphatic heterocycles. The van der Waals surface area contributed by atoms with Crippen LogP contribution in [0.1, 0.15) is 12.0 Å². The van der Waals surface area contributed by atoms with Crippen LogP contribution in [0.3, 0.4) is 0 Å². The van der Waals surface area contributed by atoms with E-state index in [-0.39, 0.29) is 24.0 Å². The molecule has 1 amide bonds. The average molecular weight is 376 g/mol. The highest BCUT2D eigenvalue weighted by molar-refractivity contribution is 5.79. The van der Waals surface area contributed by atoms with E-state index in [2.05, 4.69) is 20.2 Å². The Bertz CT molecular complexity index is 653. The molecule has 0 aliphatic carbocycles. The number of hydrogen-bond donors (Lipinski definition) is 2. The Morgan fingerprint density at radius 1 is 1.31 bits per heavy atom. The molecule has 2 bridgehead atoms. The van der Waals surface area contributed by atoms with Crippen molar-refractivity contribution >= 4 is 17.8 Å². The zero-order chi connectivity index (χ0) is 19.5. The fraction of sp³-hybridized carbons (Fsp3) is 0.600. The molecular formula is C15H19F3N4O4. The SMILES string of the molecule is CNC(=O)C1CC2CN(c3ncc(C)cn3)CC1O2.O=C(O)C(F)(F)F. The van der Waals surface area contributed by atoms with E-state index >= 15 is 0 Å². The Morgan fingerprint density at radius 3 is 2.38 bits per heavy atom. The van der Waals surface area contributed by atoms with E-state index in [1.807, 2.05) is 19.3 Å². The van der Waals surface area contributed by atoms with Crippen molar-refractivity contribution in [3.8, 4) is 0 Å². The molecule has 1 aromatic heterocycles. The largest absolute Gasteiger partial charge is 0.490 e. The average Bonchev–Trinajstić information content (AvgIpc) is 2.88. The van der Waals surface area contributed by atoms with Crippen LogP contribution >= 0.6 is 0 Å². The summed E-state index contributed by atoms with van der Waals surface area (Å²) in [6.07, 6.45) is -0.618. The molecule has 3 heterocycles. The first-order chi connectivity index (χ1) is 12.1. The number of fused-ring (bicyclic) bond motifs is 2. The third-order valence-corrected chi connectivity index (χ3v) is 4.03. The molecule has 8 nitrogen and oxygen atoms in total. The van der Waals surface area contributed by atoms with Crippen LogP contribution in [0.4, 0.5) is 19.1 Å². The van der Waals surface area contributed by atoms with Gasteiger partial charge in [0, 0.05) is 32.5 Å². The van der Waals surface area contributed by atoms with Crippen molar-refractivity contribution in [1.29, 1.82) is 0 Å². The van der Waals surface area contributed by atoms with Gasteiger partial charge in [-0.25, -0.2) is 14.8 Å². The first-order valence-electron chi connectivity index (χ1n) is 7.82. The molecule has 0 saturated carbocycles.